The number of hydrogen-bond acceptors (Lipinski definition) is 3. The van der Waals surface area contributed by atoms with Gasteiger partial charge in [0.05, 0.1) is 0 Å². The van der Waals surface area contributed by atoms with Crippen LogP contribution >= 0.6 is 0 Å². The molecular weight excluding hydrogens is 775 g/mol. The fourth-order valence-corrected chi connectivity index (χ4v) is 8.61. The second-order valence-corrected chi connectivity index (χ2v) is 16.0. The maximum absolute atomic E-state index is 5.22. The summed E-state index contributed by atoms with van der Waals surface area (Å²) in [5, 5.41) is 2.41. The molecule has 0 radical (unpaired) electrons. The van der Waals surface area contributed by atoms with Gasteiger partial charge in [-0.2, -0.15) is 0 Å². The van der Waals surface area contributed by atoms with Gasteiger partial charge in [0.2, 0.25) is 0 Å². The topological polar surface area (TPSA) is 38.7 Å². The molecule has 11 aromatic rings. The van der Waals surface area contributed by atoms with E-state index in [2.05, 4.69) is 249 Å². The third kappa shape index (κ3) is 7.90. The SMILES string of the molecule is c1ccc(-c2cccc(-c3ccc(-c4nc(-c5cccc(-c6cccc(-c7cccc(-c8ccccc8)c7)c6)c5)nc(-c5cccc(-c6cccc7ccccc67)c5)n4)cc3)c2)cc1. The van der Waals surface area contributed by atoms with Crippen molar-refractivity contribution in [2.75, 3.05) is 0 Å². The van der Waals surface area contributed by atoms with Gasteiger partial charge in [0.15, 0.2) is 17.5 Å². The van der Waals surface area contributed by atoms with Gasteiger partial charge < -0.3 is 0 Å². The molecule has 0 saturated heterocycles. The molecule has 300 valence electrons. The van der Waals surface area contributed by atoms with Crippen LogP contribution in [0.25, 0.3) is 112 Å². The number of nitrogens with zero attached hydrogens (tertiary/aromatic N) is 3. The fraction of sp³-hybridized carbons (Fsp3) is 0. The van der Waals surface area contributed by atoms with Crippen molar-refractivity contribution in [3.63, 3.8) is 0 Å². The van der Waals surface area contributed by atoms with E-state index in [0.29, 0.717) is 17.5 Å². The van der Waals surface area contributed by atoms with Crippen molar-refractivity contribution in [3.8, 4) is 101 Å². The van der Waals surface area contributed by atoms with Crippen LogP contribution in [0.3, 0.4) is 0 Å². The van der Waals surface area contributed by atoms with Crippen molar-refractivity contribution >= 4 is 10.8 Å². The highest BCUT2D eigenvalue weighted by Gasteiger charge is 2.15. The average molecular weight is 816 g/mol. The molecule has 0 amide bonds. The van der Waals surface area contributed by atoms with Gasteiger partial charge >= 0.3 is 0 Å². The van der Waals surface area contributed by atoms with E-state index >= 15 is 0 Å². The third-order valence-electron chi connectivity index (χ3n) is 11.9. The highest BCUT2D eigenvalue weighted by Crippen LogP contribution is 2.35. The standard InChI is InChI=1S/C61H41N3/c1-3-15-42(16-4-1)47-21-9-23-49(37-47)44-33-35-46(36-34-44)59-62-60(64-61(63-59)56-30-13-28-54(41-56)58-32-14-20-45-19-7-8-31-57(45)58)55-29-12-27-53(40-55)52-26-11-25-51(39-52)50-24-10-22-48(38-50)43-17-5-2-6-18-43/h1-41H. The first kappa shape index (κ1) is 38.4. The molecule has 3 nitrogen and oxygen atoms in total. The molecule has 0 aliphatic heterocycles. The monoisotopic (exact) mass is 815 g/mol. The first-order valence-corrected chi connectivity index (χ1v) is 21.7. The lowest BCUT2D eigenvalue weighted by Gasteiger charge is -2.12. The Morgan fingerprint density at radius 3 is 0.984 bits per heavy atom. The van der Waals surface area contributed by atoms with Crippen molar-refractivity contribution in [1.29, 1.82) is 0 Å². The normalized spacial score (nSPS) is 11.1. The van der Waals surface area contributed by atoms with E-state index in [1.807, 2.05) is 0 Å². The minimum Gasteiger partial charge on any atom is -0.208 e. The second kappa shape index (κ2) is 17.1. The Hall–Kier alpha value is -8.53. The number of aromatic nitrogens is 3. The van der Waals surface area contributed by atoms with E-state index in [-0.39, 0.29) is 0 Å². The molecule has 0 N–H and O–H groups in total. The summed E-state index contributed by atoms with van der Waals surface area (Å²) < 4.78 is 0. The van der Waals surface area contributed by atoms with Crippen LogP contribution in [0.4, 0.5) is 0 Å². The van der Waals surface area contributed by atoms with E-state index in [1.54, 1.807) is 0 Å². The number of hydrogen-bond donors (Lipinski definition) is 0. The Labute approximate surface area is 373 Å². The van der Waals surface area contributed by atoms with E-state index < -0.39 is 0 Å². The Morgan fingerprint density at radius 2 is 0.484 bits per heavy atom. The minimum absolute atomic E-state index is 0.615. The maximum Gasteiger partial charge on any atom is 0.164 e. The fourth-order valence-electron chi connectivity index (χ4n) is 8.61. The Balaban J connectivity index is 0.984. The quantitative estimate of drug-likeness (QED) is 0.146. The first-order chi connectivity index (χ1) is 31.7. The number of fused-ring (bicyclic) bond motifs is 1. The lowest BCUT2D eigenvalue weighted by Crippen LogP contribution is -2.00. The number of rotatable bonds is 9. The molecule has 10 aromatic carbocycles. The first-order valence-electron chi connectivity index (χ1n) is 21.7. The van der Waals surface area contributed by atoms with Gasteiger partial charge in [0.25, 0.3) is 0 Å². The van der Waals surface area contributed by atoms with Crippen molar-refractivity contribution in [2.45, 2.75) is 0 Å². The highest BCUT2D eigenvalue weighted by atomic mass is 15.0. The predicted octanol–water partition coefficient (Wildman–Crippen LogP) is 16.0. The minimum atomic E-state index is 0.615. The Bertz CT molecular complexity index is 3420. The molecule has 64 heavy (non-hydrogen) atoms. The second-order valence-electron chi connectivity index (χ2n) is 16.0. The molecule has 0 aliphatic rings. The van der Waals surface area contributed by atoms with Crippen molar-refractivity contribution in [3.05, 3.63) is 249 Å². The van der Waals surface area contributed by atoms with Gasteiger partial charge in [0.1, 0.15) is 0 Å². The molecule has 1 heterocycles. The van der Waals surface area contributed by atoms with Crippen LogP contribution in [0.5, 0.6) is 0 Å². The molecule has 0 fully saturated rings. The van der Waals surface area contributed by atoms with Crippen LogP contribution in [-0.2, 0) is 0 Å². The Kier molecular flexibility index (Phi) is 10.3. The van der Waals surface area contributed by atoms with Crippen LogP contribution in [0.1, 0.15) is 0 Å². The largest absolute Gasteiger partial charge is 0.208 e. The smallest absolute Gasteiger partial charge is 0.164 e. The van der Waals surface area contributed by atoms with E-state index in [9.17, 15) is 0 Å². The molecule has 0 aliphatic carbocycles. The molecule has 0 unspecified atom stereocenters. The summed E-state index contributed by atoms with van der Waals surface area (Å²) in [5.41, 5.74) is 16.6. The van der Waals surface area contributed by atoms with Crippen LogP contribution in [0.15, 0.2) is 249 Å². The zero-order valence-electron chi connectivity index (χ0n) is 35.0. The van der Waals surface area contributed by atoms with Crippen molar-refractivity contribution < 1.29 is 0 Å². The van der Waals surface area contributed by atoms with E-state index in [1.165, 1.54) is 44.2 Å². The lowest BCUT2D eigenvalue weighted by molar-refractivity contribution is 1.07. The maximum atomic E-state index is 5.22. The molecule has 0 atom stereocenters. The van der Waals surface area contributed by atoms with E-state index in [4.69, 9.17) is 15.0 Å². The average Bonchev–Trinajstić information content (AvgIpc) is 3.39. The summed E-state index contributed by atoms with van der Waals surface area (Å²) in [6, 6.07) is 87.9. The molecular formula is C61H41N3. The molecule has 0 spiro atoms. The van der Waals surface area contributed by atoms with E-state index in [0.717, 1.165) is 50.1 Å². The van der Waals surface area contributed by atoms with Gasteiger partial charge in [0, 0.05) is 16.7 Å². The van der Waals surface area contributed by atoms with Crippen LogP contribution < -0.4 is 0 Å². The van der Waals surface area contributed by atoms with Crippen LogP contribution in [0.2, 0.25) is 0 Å². The van der Waals surface area contributed by atoms with Gasteiger partial charge in [-0.3, -0.25) is 0 Å². The predicted molar refractivity (Wildman–Crippen MR) is 266 cm³/mol. The molecule has 0 bridgehead atoms. The Morgan fingerprint density at radius 1 is 0.188 bits per heavy atom. The van der Waals surface area contributed by atoms with Gasteiger partial charge in [-0.05, 0) is 108 Å². The third-order valence-corrected chi connectivity index (χ3v) is 11.9. The van der Waals surface area contributed by atoms with Gasteiger partial charge in [-0.15, -0.1) is 0 Å². The lowest BCUT2D eigenvalue weighted by atomic mass is 9.95. The summed E-state index contributed by atoms with van der Waals surface area (Å²) >= 11 is 0. The molecule has 11 rings (SSSR count). The molecule has 3 heteroatoms. The highest BCUT2D eigenvalue weighted by molar-refractivity contribution is 5.97. The summed E-state index contributed by atoms with van der Waals surface area (Å²) in [6.45, 7) is 0. The zero-order chi connectivity index (χ0) is 42.7. The van der Waals surface area contributed by atoms with Gasteiger partial charge in [-0.25, -0.2) is 15.0 Å². The summed E-state index contributed by atoms with van der Waals surface area (Å²) in [5.74, 6) is 1.85. The van der Waals surface area contributed by atoms with Crippen LogP contribution in [0, 0.1) is 0 Å². The molecule has 0 saturated carbocycles. The number of benzene rings is 10. The summed E-state index contributed by atoms with van der Waals surface area (Å²) in [7, 11) is 0. The zero-order valence-corrected chi connectivity index (χ0v) is 35.0. The van der Waals surface area contributed by atoms with Crippen molar-refractivity contribution in [1.82, 2.24) is 15.0 Å². The van der Waals surface area contributed by atoms with Gasteiger partial charge in [-0.1, -0.05) is 218 Å². The molecule has 1 aromatic heterocycles. The van der Waals surface area contributed by atoms with Crippen LogP contribution in [-0.4, -0.2) is 15.0 Å². The summed E-state index contributed by atoms with van der Waals surface area (Å²) in [4.78, 5) is 15.6. The summed E-state index contributed by atoms with van der Waals surface area (Å²) in [6.07, 6.45) is 0. The van der Waals surface area contributed by atoms with Crippen molar-refractivity contribution in [2.24, 2.45) is 0 Å².